The number of pyridine rings is 1. The van der Waals surface area contributed by atoms with Crippen LogP contribution in [0.4, 0.5) is 0 Å². The van der Waals surface area contributed by atoms with E-state index in [0.717, 1.165) is 10.4 Å². The Morgan fingerprint density at radius 2 is 1.88 bits per heavy atom. The number of nitrogens with zero attached hydrogens (tertiary/aromatic N) is 4. The van der Waals surface area contributed by atoms with Gasteiger partial charge in [0.25, 0.3) is 5.91 Å². The molecule has 1 amide bonds. The third kappa shape index (κ3) is 3.83. The lowest BCUT2D eigenvalue weighted by Gasteiger charge is -2.22. The summed E-state index contributed by atoms with van der Waals surface area (Å²) in [5, 5.41) is 0. The minimum absolute atomic E-state index is 0.0593. The third-order valence-electron chi connectivity index (χ3n) is 3.69. The van der Waals surface area contributed by atoms with E-state index in [1.165, 1.54) is 11.2 Å². The van der Waals surface area contributed by atoms with Crippen LogP contribution in [0.3, 0.4) is 0 Å². The molecule has 0 saturated heterocycles. The van der Waals surface area contributed by atoms with Gasteiger partial charge in [-0.2, -0.15) is 0 Å². The second-order valence-corrected chi connectivity index (χ2v) is 6.92. The molecule has 0 unspecified atom stereocenters. The van der Waals surface area contributed by atoms with Gasteiger partial charge in [0.1, 0.15) is 6.33 Å². The van der Waals surface area contributed by atoms with Crippen LogP contribution in [0.25, 0.3) is 0 Å². The van der Waals surface area contributed by atoms with Gasteiger partial charge in [0.2, 0.25) is 0 Å². The lowest BCUT2D eigenvalue weighted by Crippen LogP contribution is -2.30. The molecule has 0 aliphatic rings. The number of aryl methyl sites for hydroxylation is 2. The van der Waals surface area contributed by atoms with Crippen LogP contribution in [0.15, 0.2) is 49.2 Å². The van der Waals surface area contributed by atoms with Crippen LogP contribution in [0, 0.1) is 13.8 Å². The number of carbonyl (C=O) groups excluding carboxylic acids is 1. The van der Waals surface area contributed by atoms with E-state index >= 15 is 0 Å². The number of hydrogen-bond acceptors (Lipinski definition) is 5. The van der Waals surface area contributed by atoms with Gasteiger partial charge in [-0.1, -0.05) is 0 Å². The van der Waals surface area contributed by atoms with Crippen molar-refractivity contribution in [3.05, 3.63) is 75.8 Å². The average molecular weight is 338 g/mol. The van der Waals surface area contributed by atoms with Gasteiger partial charge in [0, 0.05) is 34.9 Å². The average Bonchev–Trinajstić information content (AvgIpc) is 3.00. The highest BCUT2D eigenvalue weighted by Crippen LogP contribution is 2.20. The molecule has 6 heteroatoms. The zero-order valence-corrected chi connectivity index (χ0v) is 14.5. The molecule has 0 aliphatic carbocycles. The standard InChI is InChI=1S/C18H18N4OS/c1-13-3-4-16(24-13)11-22(10-15-5-7-19-8-6-15)18(23)17-9-20-12-21-14(17)2/h3-9,12H,10-11H2,1-2H3. The normalized spacial score (nSPS) is 10.6. The summed E-state index contributed by atoms with van der Waals surface area (Å²) in [6.45, 7) is 4.98. The maximum absolute atomic E-state index is 13.0. The molecule has 0 aromatic carbocycles. The Hall–Kier alpha value is -2.60. The van der Waals surface area contributed by atoms with Crippen molar-refractivity contribution in [3.63, 3.8) is 0 Å². The van der Waals surface area contributed by atoms with Crippen molar-refractivity contribution in [1.82, 2.24) is 19.9 Å². The van der Waals surface area contributed by atoms with Gasteiger partial charge in [-0.15, -0.1) is 11.3 Å². The van der Waals surface area contributed by atoms with Gasteiger partial charge < -0.3 is 4.90 Å². The second kappa shape index (κ2) is 7.31. The molecule has 3 heterocycles. The summed E-state index contributed by atoms with van der Waals surface area (Å²) < 4.78 is 0. The van der Waals surface area contributed by atoms with E-state index in [2.05, 4.69) is 34.0 Å². The Bertz CT molecular complexity index is 832. The molecular formula is C18H18N4OS. The molecule has 0 N–H and O–H groups in total. The smallest absolute Gasteiger partial charge is 0.257 e. The molecule has 24 heavy (non-hydrogen) atoms. The number of hydrogen-bond donors (Lipinski definition) is 0. The molecule has 0 aliphatic heterocycles. The Morgan fingerprint density at radius 3 is 2.54 bits per heavy atom. The number of carbonyl (C=O) groups is 1. The number of aromatic nitrogens is 3. The second-order valence-electron chi connectivity index (χ2n) is 5.55. The van der Waals surface area contributed by atoms with Crippen LogP contribution in [-0.2, 0) is 13.1 Å². The number of thiophene rings is 1. The topological polar surface area (TPSA) is 59.0 Å². The van der Waals surface area contributed by atoms with Crippen LogP contribution in [-0.4, -0.2) is 25.8 Å². The summed E-state index contributed by atoms with van der Waals surface area (Å²) in [4.78, 5) is 29.4. The highest BCUT2D eigenvalue weighted by Gasteiger charge is 2.20. The third-order valence-corrected chi connectivity index (χ3v) is 4.68. The molecule has 0 spiro atoms. The molecule has 0 radical (unpaired) electrons. The number of amides is 1. The van der Waals surface area contributed by atoms with Crippen LogP contribution in [0.1, 0.15) is 31.4 Å². The first-order chi connectivity index (χ1) is 11.6. The summed E-state index contributed by atoms with van der Waals surface area (Å²) in [5.41, 5.74) is 2.28. The van der Waals surface area contributed by atoms with Crippen molar-refractivity contribution < 1.29 is 4.79 Å². The molecule has 0 fully saturated rings. The van der Waals surface area contributed by atoms with Crippen molar-refractivity contribution in [3.8, 4) is 0 Å². The van der Waals surface area contributed by atoms with Crippen molar-refractivity contribution in [2.45, 2.75) is 26.9 Å². The molecule has 3 aromatic heterocycles. The minimum atomic E-state index is -0.0593. The maximum atomic E-state index is 13.0. The summed E-state index contributed by atoms with van der Waals surface area (Å²) in [5.74, 6) is -0.0593. The van der Waals surface area contributed by atoms with Crippen LogP contribution in [0.5, 0.6) is 0 Å². The van der Waals surface area contributed by atoms with Gasteiger partial charge in [-0.3, -0.25) is 9.78 Å². The van der Waals surface area contributed by atoms with Gasteiger partial charge in [-0.25, -0.2) is 9.97 Å². The lowest BCUT2D eigenvalue weighted by molar-refractivity contribution is 0.0730. The largest absolute Gasteiger partial charge is 0.329 e. The van der Waals surface area contributed by atoms with Crippen LogP contribution < -0.4 is 0 Å². The highest BCUT2D eigenvalue weighted by molar-refractivity contribution is 7.11. The van der Waals surface area contributed by atoms with Gasteiger partial charge in [0.15, 0.2) is 0 Å². The maximum Gasteiger partial charge on any atom is 0.257 e. The molecule has 0 saturated carbocycles. The molecule has 5 nitrogen and oxygen atoms in total. The molecule has 3 rings (SSSR count). The summed E-state index contributed by atoms with van der Waals surface area (Å²) in [6, 6.07) is 8.00. The molecule has 3 aromatic rings. The monoisotopic (exact) mass is 338 g/mol. The van der Waals surface area contributed by atoms with Crippen LogP contribution >= 0.6 is 11.3 Å². The van der Waals surface area contributed by atoms with Crippen LogP contribution in [0.2, 0.25) is 0 Å². The highest BCUT2D eigenvalue weighted by atomic mass is 32.1. The first kappa shape index (κ1) is 16.3. The molecule has 122 valence electrons. The zero-order valence-electron chi connectivity index (χ0n) is 13.6. The van der Waals surface area contributed by atoms with Crippen molar-refractivity contribution in [1.29, 1.82) is 0 Å². The van der Waals surface area contributed by atoms with E-state index in [4.69, 9.17) is 0 Å². The fourth-order valence-corrected chi connectivity index (χ4v) is 3.34. The van der Waals surface area contributed by atoms with E-state index in [1.807, 2.05) is 24.0 Å². The SMILES string of the molecule is Cc1ccc(CN(Cc2ccncc2)C(=O)c2cncnc2C)s1. The van der Waals surface area contributed by atoms with Gasteiger partial charge >= 0.3 is 0 Å². The lowest BCUT2D eigenvalue weighted by atomic mass is 10.2. The fraction of sp³-hybridized carbons (Fsp3) is 0.222. The first-order valence-corrected chi connectivity index (χ1v) is 8.45. The van der Waals surface area contributed by atoms with Crippen molar-refractivity contribution in [2.24, 2.45) is 0 Å². The van der Waals surface area contributed by atoms with Crippen molar-refractivity contribution in [2.75, 3.05) is 0 Å². The van der Waals surface area contributed by atoms with E-state index in [9.17, 15) is 4.79 Å². The Labute approximate surface area is 145 Å². The van der Waals surface area contributed by atoms with Gasteiger partial charge in [-0.05, 0) is 43.7 Å². The zero-order chi connectivity index (χ0) is 16.9. The summed E-state index contributed by atoms with van der Waals surface area (Å²) >= 11 is 1.71. The Morgan fingerprint density at radius 1 is 1.08 bits per heavy atom. The summed E-state index contributed by atoms with van der Waals surface area (Å²) in [6.07, 6.45) is 6.53. The van der Waals surface area contributed by atoms with Crippen molar-refractivity contribution >= 4 is 17.2 Å². The van der Waals surface area contributed by atoms with E-state index < -0.39 is 0 Å². The van der Waals surface area contributed by atoms with Gasteiger partial charge in [0.05, 0.1) is 17.8 Å². The van der Waals surface area contributed by atoms with E-state index in [1.54, 1.807) is 29.9 Å². The Balaban J connectivity index is 1.88. The van der Waals surface area contributed by atoms with E-state index in [-0.39, 0.29) is 5.91 Å². The molecule has 0 atom stereocenters. The number of rotatable bonds is 5. The minimum Gasteiger partial charge on any atom is -0.329 e. The first-order valence-electron chi connectivity index (χ1n) is 7.63. The predicted molar refractivity (Wildman–Crippen MR) is 93.6 cm³/mol. The Kier molecular flexibility index (Phi) is 4.96. The summed E-state index contributed by atoms with van der Waals surface area (Å²) in [7, 11) is 0. The predicted octanol–water partition coefficient (Wildman–Crippen LogP) is 3.39. The molecular weight excluding hydrogens is 320 g/mol. The van der Waals surface area contributed by atoms with E-state index in [0.29, 0.717) is 24.3 Å². The quantitative estimate of drug-likeness (QED) is 0.715. The fourth-order valence-electron chi connectivity index (χ4n) is 2.44. The molecule has 0 bridgehead atoms.